The van der Waals surface area contributed by atoms with Gasteiger partial charge in [-0.1, -0.05) is 6.07 Å². The van der Waals surface area contributed by atoms with Crippen LogP contribution in [0.1, 0.15) is 6.42 Å². The van der Waals surface area contributed by atoms with Crippen molar-refractivity contribution in [3.8, 4) is 0 Å². The SMILES string of the molecule is O=S(=O)(NCCCN1CCN(c2ccncc2)CC1)c1cccc2nsnc12. The van der Waals surface area contributed by atoms with Crippen molar-refractivity contribution in [3.05, 3.63) is 42.7 Å². The lowest BCUT2D eigenvalue weighted by Gasteiger charge is -2.36. The summed E-state index contributed by atoms with van der Waals surface area (Å²) in [6.45, 7) is 5.15. The van der Waals surface area contributed by atoms with E-state index in [0.29, 0.717) is 17.6 Å². The highest BCUT2D eigenvalue weighted by molar-refractivity contribution is 7.89. The first-order valence-electron chi connectivity index (χ1n) is 9.22. The summed E-state index contributed by atoms with van der Waals surface area (Å²) in [6.07, 6.45) is 4.39. The molecule has 0 atom stereocenters. The van der Waals surface area contributed by atoms with Crippen LogP contribution in [0.4, 0.5) is 5.69 Å². The van der Waals surface area contributed by atoms with E-state index in [4.69, 9.17) is 0 Å². The van der Waals surface area contributed by atoms with Crippen LogP contribution >= 0.6 is 11.7 Å². The van der Waals surface area contributed by atoms with Gasteiger partial charge in [0.25, 0.3) is 0 Å². The van der Waals surface area contributed by atoms with Crippen LogP contribution < -0.4 is 9.62 Å². The first-order chi connectivity index (χ1) is 13.6. The average Bonchev–Trinajstić information content (AvgIpc) is 3.21. The second-order valence-electron chi connectivity index (χ2n) is 6.67. The zero-order chi connectivity index (χ0) is 19.4. The average molecular weight is 419 g/mol. The fourth-order valence-electron chi connectivity index (χ4n) is 3.37. The first-order valence-corrected chi connectivity index (χ1v) is 11.4. The number of benzene rings is 1. The molecule has 1 aliphatic rings. The van der Waals surface area contributed by atoms with Crippen LogP contribution in [-0.2, 0) is 10.0 Å². The monoisotopic (exact) mass is 418 g/mol. The summed E-state index contributed by atoms with van der Waals surface area (Å²) in [5.74, 6) is 0. The number of sulfonamides is 1. The third-order valence-corrected chi connectivity index (χ3v) is 6.92. The smallest absolute Gasteiger partial charge is 0.242 e. The Bertz CT molecular complexity index is 1020. The van der Waals surface area contributed by atoms with Gasteiger partial charge in [-0.25, -0.2) is 13.1 Å². The molecule has 8 nitrogen and oxygen atoms in total. The fourth-order valence-corrected chi connectivity index (χ4v) is 5.21. The van der Waals surface area contributed by atoms with Crippen molar-refractivity contribution in [2.24, 2.45) is 0 Å². The molecule has 28 heavy (non-hydrogen) atoms. The van der Waals surface area contributed by atoms with Gasteiger partial charge in [0.15, 0.2) is 0 Å². The van der Waals surface area contributed by atoms with Crippen LogP contribution in [0.5, 0.6) is 0 Å². The molecule has 1 fully saturated rings. The van der Waals surface area contributed by atoms with Crippen LogP contribution in [-0.4, -0.2) is 66.3 Å². The summed E-state index contributed by atoms with van der Waals surface area (Å²) in [5.41, 5.74) is 2.25. The van der Waals surface area contributed by atoms with E-state index < -0.39 is 10.0 Å². The van der Waals surface area contributed by atoms with Gasteiger partial charge in [-0.2, -0.15) is 8.75 Å². The van der Waals surface area contributed by atoms with E-state index in [9.17, 15) is 8.42 Å². The summed E-state index contributed by atoms with van der Waals surface area (Å²) in [5, 5.41) is 0. The predicted molar refractivity (Wildman–Crippen MR) is 110 cm³/mol. The molecule has 148 valence electrons. The number of piperazine rings is 1. The molecule has 4 rings (SSSR count). The largest absolute Gasteiger partial charge is 0.369 e. The second-order valence-corrected chi connectivity index (χ2v) is 8.94. The third kappa shape index (κ3) is 4.30. The highest BCUT2D eigenvalue weighted by Gasteiger charge is 2.20. The first kappa shape index (κ1) is 19.2. The molecule has 0 spiro atoms. The molecule has 1 aromatic carbocycles. The van der Waals surface area contributed by atoms with E-state index in [2.05, 4.69) is 28.3 Å². The topological polar surface area (TPSA) is 91.3 Å². The number of pyridine rings is 1. The molecule has 0 aliphatic carbocycles. The lowest BCUT2D eigenvalue weighted by molar-refractivity contribution is 0.255. The maximum absolute atomic E-state index is 12.6. The molecule has 2 aromatic heterocycles. The van der Waals surface area contributed by atoms with Crippen molar-refractivity contribution < 1.29 is 8.42 Å². The Labute approximate surface area is 168 Å². The van der Waals surface area contributed by atoms with Crippen molar-refractivity contribution in [1.29, 1.82) is 0 Å². The minimum Gasteiger partial charge on any atom is -0.369 e. The lowest BCUT2D eigenvalue weighted by atomic mass is 10.2. The minimum absolute atomic E-state index is 0.199. The Morgan fingerprint density at radius 2 is 1.82 bits per heavy atom. The van der Waals surface area contributed by atoms with Crippen molar-refractivity contribution in [1.82, 2.24) is 23.4 Å². The molecule has 0 radical (unpaired) electrons. The summed E-state index contributed by atoms with van der Waals surface area (Å²) in [4.78, 5) is 8.98. The number of hydrogen-bond donors (Lipinski definition) is 1. The number of anilines is 1. The molecule has 0 amide bonds. The third-order valence-electron chi connectivity index (χ3n) is 4.88. The number of nitrogens with zero attached hydrogens (tertiary/aromatic N) is 5. The van der Waals surface area contributed by atoms with Crippen molar-refractivity contribution in [2.45, 2.75) is 11.3 Å². The Hall–Kier alpha value is -2.14. The van der Waals surface area contributed by atoms with Gasteiger partial charge in [-0.15, -0.1) is 0 Å². The molecule has 0 unspecified atom stereocenters. The number of hydrogen-bond acceptors (Lipinski definition) is 8. The molecule has 1 aliphatic heterocycles. The summed E-state index contributed by atoms with van der Waals surface area (Å²) in [7, 11) is -3.58. The molecular weight excluding hydrogens is 396 g/mol. The van der Waals surface area contributed by atoms with Crippen LogP contribution in [0, 0.1) is 0 Å². The fraction of sp³-hybridized carbons (Fsp3) is 0.389. The van der Waals surface area contributed by atoms with Gasteiger partial charge in [0.1, 0.15) is 15.9 Å². The number of rotatable bonds is 7. The zero-order valence-corrected chi connectivity index (χ0v) is 17.0. The number of aromatic nitrogens is 3. The van der Waals surface area contributed by atoms with Crippen molar-refractivity contribution in [3.63, 3.8) is 0 Å². The van der Waals surface area contributed by atoms with Gasteiger partial charge in [-0.05, 0) is 37.2 Å². The molecule has 1 N–H and O–H groups in total. The number of fused-ring (bicyclic) bond motifs is 1. The number of nitrogens with one attached hydrogen (secondary N) is 1. The standard InChI is InChI=1S/C18H22N6O2S2/c25-28(26,17-4-1-3-16-18(17)22-27-21-16)20-7-2-10-23-11-13-24(14-12-23)15-5-8-19-9-6-15/h1,3-6,8-9,20H,2,7,10-14H2. The molecule has 3 aromatic rings. The van der Waals surface area contributed by atoms with Crippen molar-refractivity contribution in [2.75, 3.05) is 44.2 Å². The molecule has 1 saturated heterocycles. The van der Waals surface area contributed by atoms with Gasteiger partial charge < -0.3 is 4.90 Å². The summed E-state index contributed by atoms with van der Waals surface area (Å²) < 4.78 is 36.1. The van der Waals surface area contributed by atoms with E-state index in [1.165, 1.54) is 5.69 Å². The van der Waals surface area contributed by atoms with E-state index >= 15 is 0 Å². The highest BCUT2D eigenvalue weighted by Crippen LogP contribution is 2.20. The highest BCUT2D eigenvalue weighted by atomic mass is 32.2. The summed E-state index contributed by atoms with van der Waals surface area (Å²) >= 11 is 1.02. The van der Waals surface area contributed by atoms with Crippen LogP contribution in [0.15, 0.2) is 47.6 Å². The Morgan fingerprint density at radius 3 is 2.61 bits per heavy atom. The maximum atomic E-state index is 12.6. The molecule has 10 heteroatoms. The van der Waals surface area contributed by atoms with Crippen LogP contribution in [0.25, 0.3) is 11.0 Å². The van der Waals surface area contributed by atoms with Crippen LogP contribution in [0.3, 0.4) is 0 Å². The molecular formula is C18H22N6O2S2. The van der Waals surface area contributed by atoms with E-state index in [0.717, 1.165) is 50.9 Å². The minimum atomic E-state index is -3.58. The van der Waals surface area contributed by atoms with Gasteiger partial charge >= 0.3 is 0 Å². The lowest BCUT2D eigenvalue weighted by Crippen LogP contribution is -2.47. The Balaban J connectivity index is 1.24. The summed E-state index contributed by atoms with van der Waals surface area (Å²) in [6, 6.07) is 9.10. The van der Waals surface area contributed by atoms with Gasteiger partial charge in [0.2, 0.25) is 10.0 Å². The predicted octanol–water partition coefficient (Wildman–Crippen LogP) is 1.58. The van der Waals surface area contributed by atoms with E-state index in [1.807, 2.05) is 24.5 Å². The molecule has 3 heterocycles. The Kier molecular flexibility index (Phi) is 5.81. The molecule has 0 bridgehead atoms. The Morgan fingerprint density at radius 1 is 1.04 bits per heavy atom. The van der Waals surface area contributed by atoms with Crippen LogP contribution in [0.2, 0.25) is 0 Å². The van der Waals surface area contributed by atoms with Gasteiger partial charge in [0, 0.05) is 50.8 Å². The molecule has 0 saturated carbocycles. The van der Waals surface area contributed by atoms with Gasteiger partial charge in [0.05, 0.1) is 11.7 Å². The van der Waals surface area contributed by atoms with Crippen molar-refractivity contribution >= 4 is 38.5 Å². The normalized spacial score (nSPS) is 15.9. The quantitative estimate of drug-likeness (QED) is 0.583. The van der Waals surface area contributed by atoms with E-state index in [-0.39, 0.29) is 4.90 Å². The van der Waals surface area contributed by atoms with Gasteiger partial charge in [-0.3, -0.25) is 9.88 Å². The van der Waals surface area contributed by atoms with E-state index in [1.54, 1.807) is 18.2 Å². The zero-order valence-electron chi connectivity index (χ0n) is 15.4. The second kappa shape index (κ2) is 8.48. The maximum Gasteiger partial charge on any atom is 0.242 e.